The van der Waals surface area contributed by atoms with Gasteiger partial charge in [-0.1, -0.05) is 58.9 Å². The van der Waals surface area contributed by atoms with E-state index in [1.807, 2.05) is 0 Å². The Morgan fingerprint density at radius 2 is 1.27 bits per heavy atom. The smallest absolute Gasteiger partial charge is 0.0188 e. The highest BCUT2D eigenvalue weighted by atomic mass is 14.1. The first-order valence-corrected chi connectivity index (χ1v) is 6.10. The van der Waals surface area contributed by atoms with Crippen LogP contribution in [0.25, 0.3) is 0 Å². The maximum Gasteiger partial charge on any atom is -0.0188 e. The summed E-state index contributed by atoms with van der Waals surface area (Å²) in [5.74, 6) is 2.11. The molecule has 0 nitrogen and oxygen atoms in total. The van der Waals surface area contributed by atoms with E-state index in [0.29, 0.717) is 11.8 Å². The molecule has 0 aliphatic carbocycles. The largest absolute Gasteiger partial charge is 0.0628 e. The standard InChI is InChI=1S/C15H24/c1-11(2)10-13(5)15-8-6-14(7-9-15)12(3)4/h6-9,11-13H,10H2,1-5H3. The molecule has 1 atom stereocenters. The molecule has 0 heterocycles. The quantitative estimate of drug-likeness (QED) is 0.650. The van der Waals surface area contributed by atoms with Crippen LogP contribution >= 0.6 is 0 Å². The normalized spacial score (nSPS) is 13.5. The minimum Gasteiger partial charge on any atom is -0.0628 e. The molecule has 1 aromatic carbocycles. The third kappa shape index (κ3) is 3.70. The molecule has 1 aromatic rings. The van der Waals surface area contributed by atoms with Crippen molar-refractivity contribution >= 4 is 0 Å². The van der Waals surface area contributed by atoms with Crippen LogP contribution in [0, 0.1) is 5.92 Å². The number of hydrogen-bond acceptors (Lipinski definition) is 0. The summed E-state index contributed by atoms with van der Waals surface area (Å²) in [5, 5.41) is 0. The van der Waals surface area contributed by atoms with Crippen LogP contribution in [0.15, 0.2) is 24.3 Å². The molecule has 0 saturated carbocycles. The third-order valence-electron chi connectivity index (χ3n) is 3.00. The van der Waals surface area contributed by atoms with Crippen molar-refractivity contribution in [2.45, 2.75) is 52.9 Å². The van der Waals surface area contributed by atoms with Gasteiger partial charge >= 0.3 is 0 Å². The lowest BCUT2D eigenvalue weighted by Gasteiger charge is -2.15. The first-order valence-electron chi connectivity index (χ1n) is 6.10. The molecule has 15 heavy (non-hydrogen) atoms. The topological polar surface area (TPSA) is 0 Å². The summed E-state index contributed by atoms with van der Waals surface area (Å²) in [6, 6.07) is 9.14. The Balaban J connectivity index is 2.71. The van der Waals surface area contributed by atoms with Crippen LogP contribution in [0.1, 0.15) is 64.0 Å². The van der Waals surface area contributed by atoms with E-state index in [-0.39, 0.29) is 0 Å². The zero-order valence-electron chi connectivity index (χ0n) is 10.7. The van der Waals surface area contributed by atoms with Gasteiger partial charge in [0.15, 0.2) is 0 Å². The molecule has 0 heteroatoms. The molecular formula is C15H24. The van der Waals surface area contributed by atoms with Gasteiger partial charge in [0.1, 0.15) is 0 Å². The van der Waals surface area contributed by atoms with Crippen molar-refractivity contribution in [1.29, 1.82) is 0 Å². The highest BCUT2D eigenvalue weighted by Gasteiger charge is 2.08. The molecule has 0 amide bonds. The third-order valence-corrected chi connectivity index (χ3v) is 3.00. The average molecular weight is 204 g/mol. The van der Waals surface area contributed by atoms with E-state index in [2.05, 4.69) is 58.9 Å². The van der Waals surface area contributed by atoms with Gasteiger partial charge in [0.2, 0.25) is 0 Å². The van der Waals surface area contributed by atoms with E-state index in [1.54, 1.807) is 0 Å². The zero-order valence-corrected chi connectivity index (χ0v) is 10.7. The molecule has 0 radical (unpaired) electrons. The first kappa shape index (κ1) is 12.3. The Kier molecular flexibility index (Phi) is 4.38. The molecule has 0 bridgehead atoms. The van der Waals surface area contributed by atoms with Crippen LogP contribution < -0.4 is 0 Å². The summed E-state index contributed by atoms with van der Waals surface area (Å²) in [7, 11) is 0. The van der Waals surface area contributed by atoms with Gasteiger partial charge in [-0.3, -0.25) is 0 Å². The van der Waals surface area contributed by atoms with Gasteiger partial charge in [0.05, 0.1) is 0 Å². The molecule has 1 rings (SSSR count). The van der Waals surface area contributed by atoms with Crippen LogP contribution in [0.3, 0.4) is 0 Å². The maximum atomic E-state index is 2.32. The van der Waals surface area contributed by atoms with E-state index in [0.717, 1.165) is 5.92 Å². The van der Waals surface area contributed by atoms with Gasteiger partial charge in [-0.15, -0.1) is 0 Å². The monoisotopic (exact) mass is 204 g/mol. The van der Waals surface area contributed by atoms with Crippen LogP contribution in [0.5, 0.6) is 0 Å². The second kappa shape index (κ2) is 5.34. The van der Waals surface area contributed by atoms with Crippen LogP contribution in [-0.4, -0.2) is 0 Å². The molecule has 0 aliphatic heterocycles. The Bertz CT molecular complexity index is 279. The lowest BCUT2D eigenvalue weighted by atomic mass is 9.90. The van der Waals surface area contributed by atoms with Gasteiger partial charge in [-0.2, -0.15) is 0 Å². The maximum absolute atomic E-state index is 2.32. The second-order valence-corrected chi connectivity index (χ2v) is 5.35. The molecule has 0 fully saturated rings. The van der Waals surface area contributed by atoms with Crippen LogP contribution in [0.2, 0.25) is 0 Å². The fourth-order valence-corrected chi connectivity index (χ4v) is 2.05. The first-order chi connectivity index (χ1) is 7.00. The van der Waals surface area contributed by atoms with Crippen molar-refractivity contribution in [3.8, 4) is 0 Å². The summed E-state index contributed by atoms with van der Waals surface area (Å²) in [5.41, 5.74) is 2.92. The van der Waals surface area contributed by atoms with Gasteiger partial charge < -0.3 is 0 Å². The summed E-state index contributed by atoms with van der Waals surface area (Å²) < 4.78 is 0. The molecule has 0 aromatic heterocycles. The van der Waals surface area contributed by atoms with Crippen molar-refractivity contribution in [2.75, 3.05) is 0 Å². The van der Waals surface area contributed by atoms with Crippen molar-refractivity contribution in [3.63, 3.8) is 0 Å². The van der Waals surface area contributed by atoms with Crippen LogP contribution in [-0.2, 0) is 0 Å². The predicted octanol–water partition coefficient (Wildman–Crippen LogP) is 4.96. The van der Waals surface area contributed by atoms with Crippen molar-refractivity contribution in [3.05, 3.63) is 35.4 Å². The number of benzene rings is 1. The highest BCUT2D eigenvalue weighted by Crippen LogP contribution is 2.24. The highest BCUT2D eigenvalue weighted by molar-refractivity contribution is 5.26. The molecular weight excluding hydrogens is 180 g/mol. The zero-order chi connectivity index (χ0) is 11.4. The Labute approximate surface area is 94.7 Å². The molecule has 0 N–H and O–H groups in total. The van der Waals surface area contributed by atoms with Gasteiger partial charge in [0, 0.05) is 0 Å². The van der Waals surface area contributed by atoms with E-state index >= 15 is 0 Å². The van der Waals surface area contributed by atoms with Crippen molar-refractivity contribution < 1.29 is 0 Å². The fraction of sp³-hybridized carbons (Fsp3) is 0.600. The molecule has 1 unspecified atom stereocenters. The molecule has 0 aliphatic rings. The summed E-state index contributed by atoms with van der Waals surface area (Å²) in [4.78, 5) is 0. The lowest BCUT2D eigenvalue weighted by molar-refractivity contribution is 0.523. The predicted molar refractivity (Wildman–Crippen MR) is 68.4 cm³/mol. The number of rotatable bonds is 4. The Morgan fingerprint density at radius 3 is 1.67 bits per heavy atom. The minimum absolute atomic E-state index is 0.638. The molecule has 0 saturated heterocycles. The number of hydrogen-bond donors (Lipinski definition) is 0. The van der Waals surface area contributed by atoms with E-state index < -0.39 is 0 Å². The Morgan fingerprint density at radius 1 is 0.800 bits per heavy atom. The SMILES string of the molecule is CC(C)CC(C)c1ccc(C(C)C)cc1. The molecule has 0 spiro atoms. The van der Waals surface area contributed by atoms with E-state index in [1.165, 1.54) is 17.5 Å². The van der Waals surface area contributed by atoms with E-state index in [4.69, 9.17) is 0 Å². The lowest BCUT2D eigenvalue weighted by Crippen LogP contribution is -1.99. The van der Waals surface area contributed by atoms with Gasteiger partial charge in [-0.05, 0) is 35.3 Å². The Hall–Kier alpha value is -0.780. The van der Waals surface area contributed by atoms with Gasteiger partial charge in [0.25, 0.3) is 0 Å². The summed E-state index contributed by atoms with van der Waals surface area (Å²) >= 11 is 0. The summed E-state index contributed by atoms with van der Waals surface area (Å²) in [6.45, 7) is 11.4. The second-order valence-electron chi connectivity index (χ2n) is 5.35. The van der Waals surface area contributed by atoms with Crippen molar-refractivity contribution in [2.24, 2.45) is 5.92 Å². The van der Waals surface area contributed by atoms with E-state index in [9.17, 15) is 0 Å². The average Bonchev–Trinajstić information content (AvgIpc) is 2.17. The van der Waals surface area contributed by atoms with Gasteiger partial charge in [-0.25, -0.2) is 0 Å². The minimum atomic E-state index is 0.638. The summed E-state index contributed by atoms with van der Waals surface area (Å²) in [6.07, 6.45) is 1.28. The molecule has 84 valence electrons. The van der Waals surface area contributed by atoms with Crippen LogP contribution in [0.4, 0.5) is 0 Å². The van der Waals surface area contributed by atoms with Crippen molar-refractivity contribution in [1.82, 2.24) is 0 Å². The fourth-order valence-electron chi connectivity index (χ4n) is 2.05.